The van der Waals surface area contributed by atoms with Gasteiger partial charge in [0.1, 0.15) is 10.6 Å². The van der Waals surface area contributed by atoms with Crippen LogP contribution in [0.15, 0.2) is 53.4 Å². The van der Waals surface area contributed by atoms with Gasteiger partial charge in [-0.3, -0.25) is 4.72 Å². The average molecular weight is 279 g/mol. The van der Waals surface area contributed by atoms with Crippen molar-refractivity contribution in [1.82, 2.24) is 0 Å². The van der Waals surface area contributed by atoms with Gasteiger partial charge in [0.05, 0.1) is 6.61 Å². The molecule has 2 rings (SSSR count). The molecule has 0 amide bonds. The second-order valence-corrected chi connectivity index (χ2v) is 5.58. The molecule has 100 valence electrons. The minimum absolute atomic E-state index is 0.105. The average Bonchev–Trinajstić information content (AvgIpc) is 2.39. The van der Waals surface area contributed by atoms with E-state index in [0.29, 0.717) is 11.3 Å². The molecular weight excluding hydrogens is 266 g/mol. The van der Waals surface area contributed by atoms with Crippen LogP contribution in [0.4, 0.5) is 5.69 Å². The maximum Gasteiger partial charge on any atom is 0.265 e. The third kappa shape index (κ3) is 3.04. The Bertz CT molecular complexity index is 665. The summed E-state index contributed by atoms with van der Waals surface area (Å²) >= 11 is 0. The van der Waals surface area contributed by atoms with Crippen molar-refractivity contribution in [2.75, 3.05) is 4.72 Å². The molecule has 0 fully saturated rings. The minimum atomic E-state index is -3.83. The number of sulfonamides is 1. The Hall–Kier alpha value is -2.05. The molecule has 0 aromatic heterocycles. The lowest BCUT2D eigenvalue weighted by Crippen LogP contribution is -2.13. The fourth-order valence-electron chi connectivity index (χ4n) is 1.57. The van der Waals surface area contributed by atoms with Crippen LogP contribution in [0.1, 0.15) is 5.56 Å². The van der Waals surface area contributed by atoms with Gasteiger partial charge in [-0.05, 0) is 29.8 Å². The molecule has 0 aliphatic heterocycles. The van der Waals surface area contributed by atoms with Crippen LogP contribution in [-0.4, -0.2) is 18.6 Å². The molecule has 3 N–H and O–H groups in total. The third-order valence-electron chi connectivity index (χ3n) is 2.54. The van der Waals surface area contributed by atoms with Crippen LogP contribution in [0.3, 0.4) is 0 Å². The van der Waals surface area contributed by atoms with E-state index in [4.69, 9.17) is 5.11 Å². The van der Waals surface area contributed by atoms with Crippen LogP contribution >= 0.6 is 0 Å². The number of rotatable bonds is 4. The van der Waals surface area contributed by atoms with E-state index in [1.165, 1.54) is 18.2 Å². The van der Waals surface area contributed by atoms with E-state index in [-0.39, 0.29) is 17.3 Å². The number of nitrogens with one attached hydrogen (secondary N) is 1. The summed E-state index contributed by atoms with van der Waals surface area (Å²) in [7, 11) is -3.83. The van der Waals surface area contributed by atoms with Gasteiger partial charge in [0.15, 0.2) is 0 Å². The summed E-state index contributed by atoms with van der Waals surface area (Å²) in [5, 5.41) is 18.5. The zero-order chi connectivity index (χ0) is 13.9. The zero-order valence-corrected chi connectivity index (χ0v) is 10.8. The van der Waals surface area contributed by atoms with Crippen LogP contribution in [0.2, 0.25) is 0 Å². The molecular formula is C13H13NO4S. The first-order valence-electron chi connectivity index (χ1n) is 5.53. The van der Waals surface area contributed by atoms with Gasteiger partial charge in [0.25, 0.3) is 10.0 Å². The number of hydrogen-bond acceptors (Lipinski definition) is 4. The first-order chi connectivity index (χ1) is 9.03. The number of hydrogen-bond donors (Lipinski definition) is 3. The Morgan fingerprint density at radius 3 is 2.21 bits per heavy atom. The first-order valence-corrected chi connectivity index (χ1v) is 7.02. The highest BCUT2D eigenvalue weighted by atomic mass is 32.2. The molecule has 0 saturated heterocycles. The molecule has 0 unspecified atom stereocenters. The molecule has 2 aromatic rings. The van der Waals surface area contributed by atoms with Crippen molar-refractivity contribution in [1.29, 1.82) is 0 Å². The van der Waals surface area contributed by atoms with E-state index < -0.39 is 10.0 Å². The van der Waals surface area contributed by atoms with Crippen molar-refractivity contribution in [2.24, 2.45) is 0 Å². The number of aliphatic hydroxyl groups excluding tert-OH is 1. The number of para-hydroxylation sites is 1. The van der Waals surface area contributed by atoms with Crippen LogP contribution in [0, 0.1) is 0 Å². The van der Waals surface area contributed by atoms with Crippen molar-refractivity contribution in [3.63, 3.8) is 0 Å². The monoisotopic (exact) mass is 279 g/mol. The predicted molar refractivity (Wildman–Crippen MR) is 71.3 cm³/mol. The van der Waals surface area contributed by atoms with Crippen LogP contribution in [0.25, 0.3) is 0 Å². The van der Waals surface area contributed by atoms with Crippen molar-refractivity contribution >= 4 is 15.7 Å². The van der Waals surface area contributed by atoms with Crippen LogP contribution in [-0.2, 0) is 16.6 Å². The smallest absolute Gasteiger partial charge is 0.265 e. The van der Waals surface area contributed by atoms with Crippen molar-refractivity contribution in [2.45, 2.75) is 11.5 Å². The van der Waals surface area contributed by atoms with E-state index >= 15 is 0 Å². The fourth-order valence-corrected chi connectivity index (χ4v) is 2.73. The lowest BCUT2D eigenvalue weighted by molar-refractivity contribution is 0.282. The van der Waals surface area contributed by atoms with E-state index in [1.54, 1.807) is 30.3 Å². The zero-order valence-electron chi connectivity index (χ0n) is 9.95. The van der Waals surface area contributed by atoms with Crippen molar-refractivity contribution in [3.05, 3.63) is 54.1 Å². The Morgan fingerprint density at radius 2 is 1.63 bits per heavy atom. The molecule has 0 heterocycles. The van der Waals surface area contributed by atoms with Crippen molar-refractivity contribution in [3.8, 4) is 5.75 Å². The number of benzene rings is 2. The summed E-state index contributed by atoms with van der Waals surface area (Å²) in [4.78, 5) is -0.179. The summed E-state index contributed by atoms with van der Waals surface area (Å²) in [6.45, 7) is -0.105. The second-order valence-electron chi connectivity index (χ2n) is 3.93. The minimum Gasteiger partial charge on any atom is -0.507 e. The number of phenolic OH excluding ortho intramolecular Hbond substituents is 1. The van der Waals surface area contributed by atoms with E-state index in [0.717, 1.165) is 0 Å². The summed E-state index contributed by atoms with van der Waals surface area (Å²) < 4.78 is 26.5. The maximum absolute atomic E-state index is 12.1. The van der Waals surface area contributed by atoms with Gasteiger partial charge in [-0.15, -0.1) is 0 Å². The van der Waals surface area contributed by atoms with Gasteiger partial charge >= 0.3 is 0 Å². The molecule has 2 aromatic carbocycles. The van der Waals surface area contributed by atoms with Gasteiger partial charge in [-0.2, -0.15) is 0 Å². The van der Waals surface area contributed by atoms with Gasteiger partial charge in [-0.1, -0.05) is 24.3 Å². The maximum atomic E-state index is 12.1. The number of aliphatic hydroxyl groups is 1. The fraction of sp³-hybridized carbons (Fsp3) is 0.0769. The largest absolute Gasteiger partial charge is 0.507 e. The Kier molecular flexibility index (Phi) is 3.73. The molecule has 0 bridgehead atoms. The van der Waals surface area contributed by atoms with E-state index in [9.17, 15) is 13.5 Å². The Labute approximate surface area is 111 Å². The lowest BCUT2D eigenvalue weighted by Gasteiger charge is -2.09. The summed E-state index contributed by atoms with van der Waals surface area (Å²) in [5.74, 6) is -0.304. The molecule has 6 heteroatoms. The van der Waals surface area contributed by atoms with Gasteiger partial charge < -0.3 is 10.2 Å². The summed E-state index contributed by atoms with van der Waals surface area (Å²) in [6.07, 6.45) is 0. The van der Waals surface area contributed by atoms with Gasteiger partial charge in [-0.25, -0.2) is 8.42 Å². The molecule has 19 heavy (non-hydrogen) atoms. The molecule has 0 radical (unpaired) electrons. The highest BCUT2D eigenvalue weighted by Gasteiger charge is 2.17. The van der Waals surface area contributed by atoms with Crippen LogP contribution in [0.5, 0.6) is 5.75 Å². The molecule has 0 saturated carbocycles. The van der Waals surface area contributed by atoms with Crippen molar-refractivity contribution < 1.29 is 18.6 Å². The van der Waals surface area contributed by atoms with Crippen LogP contribution < -0.4 is 4.72 Å². The molecule has 0 aliphatic carbocycles. The molecule has 5 nitrogen and oxygen atoms in total. The molecule has 0 aliphatic rings. The molecule has 0 spiro atoms. The van der Waals surface area contributed by atoms with Gasteiger partial charge in [0.2, 0.25) is 0 Å². The standard InChI is InChI=1S/C13H13NO4S/c15-9-10-5-7-11(8-6-10)14-19(17,18)13-4-2-1-3-12(13)16/h1-8,14-16H,9H2. The third-order valence-corrected chi connectivity index (χ3v) is 3.97. The predicted octanol–water partition coefficient (Wildman–Crippen LogP) is 1.69. The Morgan fingerprint density at radius 1 is 1.00 bits per heavy atom. The number of aromatic hydroxyl groups is 1. The first kappa shape index (κ1) is 13.4. The highest BCUT2D eigenvalue weighted by molar-refractivity contribution is 7.92. The number of phenols is 1. The van der Waals surface area contributed by atoms with E-state index in [2.05, 4.69) is 4.72 Å². The van der Waals surface area contributed by atoms with E-state index in [1.807, 2.05) is 0 Å². The SMILES string of the molecule is O=S(=O)(Nc1ccc(CO)cc1)c1ccccc1O. The quantitative estimate of drug-likeness (QED) is 0.794. The lowest BCUT2D eigenvalue weighted by atomic mass is 10.2. The molecule has 0 atom stereocenters. The normalized spacial score (nSPS) is 11.2. The highest BCUT2D eigenvalue weighted by Crippen LogP contribution is 2.24. The Balaban J connectivity index is 2.28. The van der Waals surface area contributed by atoms with Gasteiger partial charge in [0, 0.05) is 5.69 Å². The summed E-state index contributed by atoms with van der Waals surface area (Å²) in [6, 6.07) is 12.0. The topological polar surface area (TPSA) is 86.6 Å². The summed E-state index contributed by atoms with van der Waals surface area (Å²) in [5.41, 5.74) is 1.05. The number of anilines is 1. The second kappa shape index (κ2) is 5.29.